The number of anilines is 2. The summed E-state index contributed by atoms with van der Waals surface area (Å²) < 4.78 is 4.76. The highest BCUT2D eigenvalue weighted by Gasteiger charge is 2.13. The molecule has 2 aromatic rings. The number of benzene rings is 2. The summed E-state index contributed by atoms with van der Waals surface area (Å²) in [6.45, 7) is -0.0609. The fraction of sp³-hybridized carbons (Fsp3) is 0.125. The Bertz CT molecular complexity index is 626. The number of carbonyl (C=O) groups excluding carboxylic acids is 2. The van der Waals surface area contributed by atoms with Gasteiger partial charge in [0.1, 0.15) is 6.61 Å². The summed E-state index contributed by atoms with van der Waals surface area (Å²) in [5, 5.41) is 5.44. The third-order valence-electron chi connectivity index (χ3n) is 2.75. The van der Waals surface area contributed by atoms with Crippen molar-refractivity contribution in [2.75, 3.05) is 24.4 Å². The Hall–Kier alpha value is -2.66. The van der Waals surface area contributed by atoms with Gasteiger partial charge in [0.25, 0.3) is 5.91 Å². The van der Waals surface area contributed by atoms with E-state index in [-0.39, 0.29) is 18.4 Å². The van der Waals surface area contributed by atoms with Gasteiger partial charge in [-0.05, 0) is 24.3 Å². The zero-order chi connectivity index (χ0) is 15.1. The van der Waals surface area contributed by atoms with E-state index < -0.39 is 0 Å². The molecule has 2 rings (SSSR count). The van der Waals surface area contributed by atoms with Crippen LogP contribution in [0.1, 0.15) is 10.4 Å². The van der Waals surface area contributed by atoms with Gasteiger partial charge >= 0.3 is 0 Å². The molecule has 0 radical (unpaired) electrons. The lowest BCUT2D eigenvalue weighted by Crippen LogP contribution is -2.20. The molecule has 0 aliphatic heterocycles. The first-order chi connectivity index (χ1) is 10.2. The number of hydrogen-bond acceptors (Lipinski definition) is 3. The molecule has 0 saturated heterocycles. The smallest absolute Gasteiger partial charge is 0.257 e. The van der Waals surface area contributed by atoms with E-state index in [2.05, 4.69) is 10.6 Å². The van der Waals surface area contributed by atoms with Crippen LogP contribution in [0, 0.1) is 0 Å². The maximum absolute atomic E-state index is 12.3. The van der Waals surface area contributed by atoms with Crippen molar-refractivity contribution in [1.82, 2.24) is 0 Å². The largest absolute Gasteiger partial charge is 0.375 e. The van der Waals surface area contributed by atoms with E-state index in [4.69, 9.17) is 4.74 Å². The summed E-state index contributed by atoms with van der Waals surface area (Å²) in [6.07, 6.45) is 0. The SMILES string of the molecule is COCC(=O)Nc1ccccc1C(=O)Nc1ccccc1. The Kier molecular flexibility index (Phi) is 5.06. The summed E-state index contributed by atoms with van der Waals surface area (Å²) in [5.74, 6) is -0.591. The molecule has 5 heteroatoms. The Morgan fingerprint density at radius 2 is 1.62 bits per heavy atom. The highest BCUT2D eigenvalue weighted by molar-refractivity contribution is 6.10. The molecule has 5 nitrogen and oxygen atoms in total. The monoisotopic (exact) mass is 284 g/mol. The van der Waals surface area contributed by atoms with E-state index in [9.17, 15) is 9.59 Å². The molecule has 108 valence electrons. The van der Waals surface area contributed by atoms with Crippen molar-refractivity contribution in [1.29, 1.82) is 0 Å². The number of para-hydroxylation sites is 2. The Morgan fingerprint density at radius 1 is 0.952 bits per heavy atom. The number of ether oxygens (including phenoxy) is 1. The summed E-state index contributed by atoms with van der Waals surface area (Å²) >= 11 is 0. The predicted molar refractivity (Wildman–Crippen MR) is 81.3 cm³/mol. The molecule has 21 heavy (non-hydrogen) atoms. The topological polar surface area (TPSA) is 67.4 Å². The molecule has 2 amide bonds. The van der Waals surface area contributed by atoms with E-state index in [0.717, 1.165) is 0 Å². The maximum Gasteiger partial charge on any atom is 0.257 e. The van der Waals surface area contributed by atoms with Gasteiger partial charge in [0.2, 0.25) is 5.91 Å². The molecule has 2 N–H and O–H groups in total. The van der Waals surface area contributed by atoms with Crippen LogP contribution in [0.2, 0.25) is 0 Å². The number of methoxy groups -OCH3 is 1. The second-order valence-corrected chi connectivity index (χ2v) is 4.35. The summed E-state index contributed by atoms with van der Waals surface area (Å²) in [6, 6.07) is 16.0. The molecule has 0 aromatic heterocycles. The Balaban J connectivity index is 2.15. The van der Waals surface area contributed by atoms with E-state index in [1.165, 1.54) is 7.11 Å². The van der Waals surface area contributed by atoms with Crippen molar-refractivity contribution in [3.05, 3.63) is 60.2 Å². The molecule has 0 aliphatic rings. The van der Waals surface area contributed by atoms with Gasteiger partial charge in [0.05, 0.1) is 11.3 Å². The average Bonchev–Trinajstić information content (AvgIpc) is 2.49. The first kappa shape index (κ1) is 14.7. The van der Waals surface area contributed by atoms with Crippen molar-refractivity contribution in [2.24, 2.45) is 0 Å². The number of carbonyl (C=O) groups is 2. The maximum atomic E-state index is 12.3. The molecular formula is C16H16N2O3. The van der Waals surface area contributed by atoms with Crippen molar-refractivity contribution >= 4 is 23.2 Å². The quantitative estimate of drug-likeness (QED) is 0.886. The van der Waals surface area contributed by atoms with Crippen LogP contribution < -0.4 is 10.6 Å². The summed E-state index contributed by atoms with van der Waals surface area (Å²) in [5.41, 5.74) is 1.54. The third-order valence-corrected chi connectivity index (χ3v) is 2.75. The molecule has 0 aliphatic carbocycles. The molecule has 0 spiro atoms. The molecular weight excluding hydrogens is 268 g/mol. The van der Waals surface area contributed by atoms with Crippen LogP contribution in [-0.2, 0) is 9.53 Å². The van der Waals surface area contributed by atoms with Crippen LogP contribution in [0.25, 0.3) is 0 Å². The van der Waals surface area contributed by atoms with Gasteiger partial charge in [-0.2, -0.15) is 0 Å². The lowest BCUT2D eigenvalue weighted by molar-refractivity contribution is -0.119. The lowest BCUT2D eigenvalue weighted by atomic mass is 10.1. The van der Waals surface area contributed by atoms with Gasteiger partial charge < -0.3 is 15.4 Å². The standard InChI is InChI=1S/C16H16N2O3/c1-21-11-15(19)18-14-10-6-5-9-13(14)16(20)17-12-7-3-2-4-8-12/h2-10H,11H2,1H3,(H,17,20)(H,18,19). The minimum Gasteiger partial charge on any atom is -0.375 e. The number of hydrogen-bond donors (Lipinski definition) is 2. The van der Waals surface area contributed by atoms with Gasteiger partial charge in [-0.1, -0.05) is 30.3 Å². The zero-order valence-electron chi connectivity index (χ0n) is 11.6. The third kappa shape index (κ3) is 4.15. The number of rotatable bonds is 5. The van der Waals surface area contributed by atoms with E-state index in [1.807, 2.05) is 18.2 Å². The van der Waals surface area contributed by atoms with Crippen LogP contribution in [0.5, 0.6) is 0 Å². The second kappa shape index (κ2) is 7.21. The number of amides is 2. The Morgan fingerprint density at radius 3 is 2.33 bits per heavy atom. The van der Waals surface area contributed by atoms with Gasteiger partial charge in [-0.3, -0.25) is 9.59 Å². The van der Waals surface area contributed by atoms with Gasteiger partial charge in [-0.15, -0.1) is 0 Å². The van der Waals surface area contributed by atoms with Gasteiger partial charge in [0.15, 0.2) is 0 Å². The van der Waals surface area contributed by atoms with Crippen LogP contribution in [-0.4, -0.2) is 25.5 Å². The normalized spacial score (nSPS) is 9.95. The predicted octanol–water partition coefficient (Wildman–Crippen LogP) is 2.52. The van der Waals surface area contributed by atoms with E-state index in [0.29, 0.717) is 16.9 Å². The zero-order valence-corrected chi connectivity index (χ0v) is 11.6. The van der Waals surface area contributed by atoms with Crippen LogP contribution in [0.3, 0.4) is 0 Å². The van der Waals surface area contributed by atoms with Crippen molar-refractivity contribution < 1.29 is 14.3 Å². The molecule has 0 bridgehead atoms. The summed E-state index contributed by atoms with van der Waals surface area (Å²) in [7, 11) is 1.44. The van der Waals surface area contributed by atoms with Crippen LogP contribution in [0.4, 0.5) is 11.4 Å². The Labute approximate surface area is 122 Å². The molecule has 2 aromatic carbocycles. The molecule has 0 atom stereocenters. The highest BCUT2D eigenvalue weighted by atomic mass is 16.5. The van der Waals surface area contributed by atoms with Crippen molar-refractivity contribution in [3.8, 4) is 0 Å². The van der Waals surface area contributed by atoms with Gasteiger partial charge in [-0.25, -0.2) is 0 Å². The first-order valence-corrected chi connectivity index (χ1v) is 6.45. The molecule has 0 saturated carbocycles. The van der Waals surface area contributed by atoms with Gasteiger partial charge in [0, 0.05) is 12.8 Å². The number of nitrogens with one attached hydrogen (secondary N) is 2. The van der Waals surface area contributed by atoms with E-state index in [1.54, 1.807) is 36.4 Å². The highest BCUT2D eigenvalue weighted by Crippen LogP contribution is 2.17. The fourth-order valence-corrected chi connectivity index (χ4v) is 1.83. The van der Waals surface area contributed by atoms with Crippen LogP contribution >= 0.6 is 0 Å². The second-order valence-electron chi connectivity index (χ2n) is 4.35. The van der Waals surface area contributed by atoms with Crippen LogP contribution in [0.15, 0.2) is 54.6 Å². The van der Waals surface area contributed by atoms with Crippen molar-refractivity contribution in [3.63, 3.8) is 0 Å². The molecule has 0 heterocycles. The molecule has 0 unspecified atom stereocenters. The average molecular weight is 284 g/mol. The fourth-order valence-electron chi connectivity index (χ4n) is 1.83. The van der Waals surface area contributed by atoms with Crippen molar-refractivity contribution in [2.45, 2.75) is 0 Å². The minimum atomic E-state index is -0.308. The lowest BCUT2D eigenvalue weighted by Gasteiger charge is -2.11. The van der Waals surface area contributed by atoms with E-state index >= 15 is 0 Å². The minimum absolute atomic E-state index is 0.0609. The first-order valence-electron chi connectivity index (χ1n) is 6.45. The molecule has 0 fully saturated rings. The summed E-state index contributed by atoms with van der Waals surface area (Å²) in [4.78, 5) is 23.9.